The number of ether oxygens (including phenoxy) is 1. The number of benzene rings is 1. The molecule has 3 aliphatic rings. The van der Waals surface area contributed by atoms with Crippen molar-refractivity contribution >= 4 is 11.8 Å². The summed E-state index contributed by atoms with van der Waals surface area (Å²) in [6, 6.07) is 6.64. The molecule has 0 bridgehead atoms. The average Bonchev–Trinajstić information content (AvgIpc) is 3.32. The molecule has 0 aliphatic carbocycles. The molecule has 1 N–H and O–H groups in total. The fourth-order valence-electron chi connectivity index (χ4n) is 5.26. The van der Waals surface area contributed by atoms with Gasteiger partial charge in [0.05, 0.1) is 6.10 Å². The molecule has 31 heavy (non-hydrogen) atoms. The number of carbonyl (C=O) groups excluding carboxylic acids is 2. The van der Waals surface area contributed by atoms with Crippen LogP contribution in [-0.4, -0.2) is 73.1 Å². The third-order valence-corrected chi connectivity index (χ3v) is 7.32. The van der Waals surface area contributed by atoms with Crippen LogP contribution in [0.4, 0.5) is 0 Å². The molecule has 1 aromatic carbocycles. The summed E-state index contributed by atoms with van der Waals surface area (Å²) in [7, 11) is 0. The van der Waals surface area contributed by atoms with Gasteiger partial charge >= 0.3 is 0 Å². The number of nitrogens with zero attached hydrogens (tertiary/aromatic N) is 2. The van der Waals surface area contributed by atoms with E-state index in [1.165, 1.54) is 0 Å². The molecule has 3 heterocycles. The van der Waals surface area contributed by atoms with E-state index in [0.29, 0.717) is 12.6 Å². The van der Waals surface area contributed by atoms with Crippen LogP contribution < -0.4 is 5.32 Å². The van der Waals surface area contributed by atoms with Crippen molar-refractivity contribution in [2.24, 2.45) is 5.92 Å². The minimum Gasteiger partial charge on any atom is -0.376 e. The van der Waals surface area contributed by atoms with Gasteiger partial charge in [0, 0.05) is 43.8 Å². The molecule has 1 unspecified atom stereocenters. The lowest BCUT2D eigenvalue weighted by Gasteiger charge is -2.41. The summed E-state index contributed by atoms with van der Waals surface area (Å²) in [5, 5.41) is 3.10. The molecule has 0 spiro atoms. The largest absolute Gasteiger partial charge is 0.376 e. The second-order valence-electron chi connectivity index (χ2n) is 9.53. The standard InChI is InChI=1S/C25H37N3O3/c1-18-5-6-19(2)23(16-18)25(30)28-13-9-21(10-14-28)27-11-7-20(8-12-27)24(29)26-17-22-4-3-15-31-22/h5-6,16,20-22H,3-4,7-15,17H2,1-2H3,(H,26,29). The SMILES string of the molecule is Cc1ccc(C)c(C(=O)N2CCC(N3CCC(C(=O)NCC4CCCO4)CC3)CC2)c1. The summed E-state index contributed by atoms with van der Waals surface area (Å²) in [5.41, 5.74) is 3.03. The Morgan fingerprint density at radius 3 is 2.45 bits per heavy atom. The summed E-state index contributed by atoms with van der Waals surface area (Å²) >= 11 is 0. The molecule has 1 aromatic rings. The Balaban J connectivity index is 1.20. The van der Waals surface area contributed by atoms with Crippen molar-refractivity contribution in [3.8, 4) is 0 Å². The third kappa shape index (κ3) is 5.47. The molecule has 0 aromatic heterocycles. The van der Waals surface area contributed by atoms with Crippen molar-refractivity contribution in [1.82, 2.24) is 15.1 Å². The molecule has 3 saturated heterocycles. The zero-order valence-electron chi connectivity index (χ0n) is 19.1. The molecule has 170 valence electrons. The quantitative estimate of drug-likeness (QED) is 0.785. The highest BCUT2D eigenvalue weighted by atomic mass is 16.5. The maximum Gasteiger partial charge on any atom is 0.254 e. The second-order valence-corrected chi connectivity index (χ2v) is 9.53. The van der Waals surface area contributed by atoms with Crippen molar-refractivity contribution < 1.29 is 14.3 Å². The summed E-state index contributed by atoms with van der Waals surface area (Å²) < 4.78 is 5.60. The van der Waals surface area contributed by atoms with Crippen LogP contribution in [0.25, 0.3) is 0 Å². The van der Waals surface area contributed by atoms with E-state index < -0.39 is 0 Å². The number of hydrogen-bond acceptors (Lipinski definition) is 4. The molecule has 0 saturated carbocycles. The number of likely N-dealkylation sites (tertiary alicyclic amines) is 2. The third-order valence-electron chi connectivity index (χ3n) is 7.32. The van der Waals surface area contributed by atoms with Gasteiger partial charge < -0.3 is 19.9 Å². The lowest BCUT2D eigenvalue weighted by atomic mass is 9.92. The fourth-order valence-corrected chi connectivity index (χ4v) is 5.26. The van der Waals surface area contributed by atoms with Crippen molar-refractivity contribution in [3.63, 3.8) is 0 Å². The van der Waals surface area contributed by atoms with Crippen molar-refractivity contribution in [2.75, 3.05) is 39.3 Å². The van der Waals surface area contributed by atoms with Gasteiger partial charge in [-0.15, -0.1) is 0 Å². The Bertz CT molecular complexity index is 774. The first-order chi connectivity index (χ1) is 15.0. The Hall–Kier alpha value is -1.92. The normalized spacial score (nSPS) is 23.8. The number of piperidine rings is 2. The highest BCUT2D eigenvalue weighted by molar-refractivity contribution is 5.95. The van der Waals surface area contributed by atoms with E-state index in [1.807, 2.05) is 30.9 Å². The van der Waals surface area contributed by atoms with Gasteiger partial charge in [-0.1, -0.05) is 17.7 Å². The average molecular weight is 428 g/mol. The van der Waals surface area contributed by atoms with E-state index in [2.05, 4.69) is 16.3 Å². The van der Waals surface area contributed by atoms with Gasteiger partial charge in [0.15, 0.2) is 0 Å². The number of hydrogen-bond donors (Lipinski definition) is 1. The van der Waals surface area contributed by atoms with E-state index in [9.17, 15) is 9.59 Å². The second kappa shape index (κ2) is 10.1. The first-order valence-corrected chi connectivity index (χ1v) is 12.0. The smallest absolute Gasteiger partial charge is 0.254 e. The van der Waals surface area contributed by atoms with E-state index in [0.717, 1.165) is 88.0 Å². The van der Waals surface area contributed by atoms with Crippen molar-refractivity contribution in [2.45, 2.75) is 64.5 Å². The van der Waals surface area contributed by atoms with Gasteiger partial charge in [-0.2, -0.15) is 0 Å². The molecule has 4 rings (SSSR count). The first-order valence-electron chi connectivity index (χ1n) is 12.0. The zero-order chi connectivity index (χ0) is 21.8. The molecule has 3 fully saturated rings. The van der Waals surface area contributed by atoms with Crippen molar-refractivity contribution in [1.29, 1.82) is 0 Å². The van der Waals surface area contributed by atoms with Gasteiger partial charge in [0.1, 0.15) is 0 Å². The number of aryl methyl sites for hydroxylation is 2. The minimum absolute atomic E-state index is 0.128. The zero-order valence-corrected chi connectivity index (χ0v) is 19.1. The lowest BCUT2D eigenvalue weighted by molar-refractivity contribution is -0.127. The molecule has 1 atom stereocenters. The minimum atomic E-state index is 0.128. The van der Waals surface area contributed by atoms with Gasteiger partial charge in [-0.05, 0) is 77.1 Å². The van der Waals surface area contributed by atoms with Crippen molar-refractivity contribution in [3.05, 3.63) is 34.9 Å². The lowest BCUT2D eigenvalue weighted by Crippen LogP contribution is -2.50. The van der Waals surface area contributed by atoms with Gasteiger partial charge in [0.2, 0.25) is 5.91 Å². The molecule has 6 heteroatoms. The highest BCUT2D eigenvalue weighted by Crippen LogP contribution is 2.25. The number of rotatable bonds is 5. The molecule has 2 amide bonds. The summed E-state index contributed by atoms with van der Waals surface area (Å²) in [6.07, 6.45) is 6.27. The number of amides is 2. The highest BCUT2D eigenvalue weighted by Gasteiger charge is 2.32. The Morgan fingerprint density at radius 2 is 1.77 bits per heavy atom. The van der Waals surface area contributed by atoms with Crippen LogP contribution in [0.3, 0.4) is 0 Å². The maximum absolute atomic E-state index is 13.0. The monoisotopic (exact) mass is 427 g/mol. The predicted molar refractivity (Wildman–Crippen MR) is 121 cm³/mol. The molecule has 0 radical (unpaired) electrons. The predicted octanol–water partition coefficient (Wildman–Crippen LogP) is 2.92. The van der Waals surface area contributed by atoms with Crippen LogP contribution in [0.2, 0.25) is 0 Å². The number of nitrogens with one attached hydrogen (secondary N) is 1. The van der Waals surface area contributed by atoms with Gasteiger partial charge in [-0.3, -0.25) is 9.59 Å². The molecule has 3 aliphatic heterocycles. The Morgan fingerprint density at radius 1 is 1.03 bits per heavy atom. The van der Waals surface area contributed by atoms with Crippen LogP contribution in [0.15, 0.2) is 18.2 Å². The Labute approximate surface area is 186 Å². The van der Waals surface area contributed by atoms with E-state index >= 15 is 0 Å². The van der Waals surface area contributed by atoms with Gasteiger partial charge in [-0.25, -0.2) is 0 Å². The Kier molecular flexibility index (Phi) is 7.28. The fraction of sp³-hybridized carbons (Fsp3) is 0.680. The summed E-state index contributed by atoms with van der Waals surface area (Å²) in [5.74, 6) is 0.494. The maximum atomic E-state index is 13.0. The summed E-state index contributed by atoms with van der Waals surface area (Å²) in [6.45, 7) is 9.13. The summed E-state index contributed by atoms with van der Waals surface area (Å²) in [4.78, 5) is 30.1. The molecular weight excluding hydrogens is 390 g/mol. The van der Waals surface area contributed by atoms with Crippen LogP contribution in [-0.2, 0) is 9.53 Å². The van der Waals surface area contributed by atoms with E-state index in [4.69, 9.17) is 4.74 Å². The van der Waals surface area contributed by atoms with Crippen LogP contribution >= 0.6 is 0 Å². The van der Waals surface area contributed by atoms with Crippen LogP contribution in [0, 0.1) is 19.8 Å². The van der Waals surface area contributed by atoms with Gasteiger partial charge in [0.25, 0.3) is 5.91 Å². The topological polar surface area (TPSA) is 61.9 Å². The first kappa shape index (κ1) is 22.3. The van der Waals surface area contributed by atoms with Crippen LogP contribution in [0.1, 0.15) is 60.0 Å². The molecular formula is C25H37N3O3. The molecule has 6 nitrogen and oxygen atoms in total. The number of carbonyl (C=O) groups is 2. The van der Waals surface area contributed by atoms with Crippen LogP contribution in [0.5, 0.6) is 0 Å². The van der Waals surface area contributed by atoms with E-state index in [1.54, 1.807) is 0 Å². The van der Waals surface area contributed by atoms with E-state index in [-0.39, 0.29) is 23.8 Å².